The van der Waals surface area contributed by atoms with E-state index in [9.17, 15) is 4.79 Å². The molecule has 1 aromatic carbocycles. The van der Waals surface area contributed by atoms with Crippen LogP contribution in [-0.4, -0.2) is 36.4 Å². The van der Waals surface area contributed by atoms with Gasteiger partial charge in [-0.3, -0.25) is 4.79 Å². The average Bonchev–Trinajstić information content (AvgIpc) is 2.52. The molecule has 23 heavy (non-hydrogen) atoms. The number of rotatable bonds is 4. The molecule has 1 atom stereocenters. The van der Waals surface area contributed by atoms with Gasteiger partial charge in [-0.05, 0) is 43.4 Å². The number of aliphatic imine (C=N–C) groups is 1. The van der Waals surface area contributed by atoms with Gasteiger partial charge in [-0.2, -0.15) is 0 Å². The monoisotopic (exact) mass is 430 g/mol. The van der Waals surface area contributed by atoms with Crippen molar-refractivity contribution in [1.29, 1.82) is 0 Å². The second-order valence-electron chi connectivity index (χ2n) is 5.92. The Morgan fingerprint density at radius 2 is 2.09 bits per heavy atom. The zero-order valence-corrected chi connectivity index (χ0v) is 16.2. The Bertz CT molecular complexity index is 530. The van der Waals surface area contributed by atoms with Crippen molar-refractivity contribution >= 4 is 35.8 Å². The molecule has 6 heteroatoms. The number of likely N-dealkylation sites (tertiary alicyclic amines) is 1. The van der Waals surface area contributed by atoms with E-state index < -0.39 is 5.91 Å². The standard InChI is InChI=1S/C17H26N4O.HI/c1-3-19-17(21-10-4-5-13(2)12-21)20-11-14-6-8-15(9-7-14)16(18)22;/h6-9,13H,3-5,10-12H2,1-2H3,(H2,18,22)(H,19,20);1H. The van der Waals surface area contributed by atoms with Crippen LogP contribution in [0.5, 0.6) is 0 Å². The number of nitrogens with two attached hydrogens (primary N) is 1. The zero-order chi connectivity index (χ0) is 15.9. The number of hydrogen-bond donors (Lipinski definition) is 2. The molecule has 1 heterocycles. The summed E-state index contributed by atoms with van der Waals surface area (Å²) in [6.07, 6.45) is 2.52. The third-order valence-corrected chi connectivity index (χ3v) is 3.94. The molecule has 3 N–H and O–H groups in total. The van der Waals surface area contributed by atoms with Crippen molar-refractivity contribution < 1.29 is 4.79 Å². The Balaban J connectivity index is 0.00000264. The smallest absolute Gasteiger partial charge is 0.248 e. The van der Waals surface area contributed by atoms with Crippen LogP contribution in [0.2, 0.25) is 0 Å². The third kappa shape index (κ3) is 6.01. The van der Waals surface area contributed by atoms with E-state index in [1.165, 1.54) is 12.8 Å². The molecule has 0 aliphatic carbocycles. The van der Waals surface area contributed by atoms with Crippen molar-refractivity contribution in [1.82, 2.24) is 10.2 Å². The largest absolute Gasteiger partial charge is 0.366 e. The predicted octanol–water partition coefficient (Wildman–Crippen LogP) is 2.60. The van der Waals surface area contributed by atoms with Crippen LogP contribution in [0.1, 0.15) is 42.6 Å². The van der Waals surface area contributed by atoms with Gasteiger partial charge in [0, 0.05) is 25.2 Å². The summed E-state index contributed by atoms with van der Waals surface area (Å²) >= 11 is 0. The van der Waals surface area contributed by atoms with E-state index in [0.29, 0.717) is 18.0 Å². The fourth-order valence-electron chi connectivity index (χ4n) is 2.75. The van der Waals surface area contributed by atoms with Crippen LogP contribution in [0, 0.1) is 5.92 Å². The van der Waals surface area contributed by atoms with Crippen molar-refractivity contribution in [2.75, 3.05) is 19.6 Å². The number of guanidine groups is 1. The van der Waals surface area contributed by atoms with Gasteiger partial charge in [0.25, 0.3) is 0 Å². The van der Waals surface area contributed by atoms with Crippen LogP contribution in [0.15, 0.2) is 29.3 Å². The van der Waals surface area contributed by atoms with Crippen molar-refractivity contribution in [3.63, 3.8) is 0 Å². The summed E-state index contributed by atoms with van der Waals surface area (Å²) in [7, 11) is 0. The van der Waals surface area contributed by atoms with E-state index >= 15 is 0 Å². The molecular formula is C17H27IN4O. The Hall–Kier alpha value is -1.31. The highest BCUT2D eigenvalue weighted by atomic mass is 127. The number of amides is 1. The van der Waals surface area contributed by atoms with Crippen molar-refractivity contribution in [3.05, 3.63) is 35.4 Å². The predicted molar refractivity (Wildman–Crippen MR) is 105 cm³/mol. The van der Waals surface area contributed by atoms with Gasteiger partial charge >= 0.3 is 0 Å². The minimum absolute atomic E-state index is 0. The van der Waals surface area contributed by atoms with Gasteiger partial charge in [0.2, 0.25) is 5.91 Å². The fourth-order valence-corrected chi connectivity index (χ4v) is 2.75. The zero-order valence-electron chi connectivity index (χ0n) is 13.9. The van der Waals surface area contributed by atoms with Crippen LogP contribution < -0.4 is 11.1 Å². The molecular weight excluding hydrogens is 403 g/mol. The van der Waals surface area contributed by atoms with Gasteiger partial charge in [-0.1, -0.05) is 19.1 Å². The van der Waals surface area contributed by atoms with E-state index in [-0.39, 0.29) is 24.0 Å². The normalized spacial score (nSPS) is 18.3. The number of benzene rings is 1. The number of nitrogens with one attached hydrogen (secondary N) is 1. The first-order chi connectivity index (χ1) is 10.6. The number of carbonyl (C=O) groups is 1. The molecule has 1 aliphatic rings. The first-order valence-corrected chi connectivity index (χ1v) is 8.02. The number of nitrogens with zero attached hydrogens (tertiary/aromatic N) is 2. The summed E-state index contributed by atoms with van der Waals surface area (Å²) in [6, 6.07) is 7.32. The maximum Gasteiger partial charge on any atom is 0.248 e. The maximum absolute atomic E-state index is 11.1. The Kier molecular flexibility index (Phi) is 8.36. The molecule has 1 unspecified atom stereocenters. The number of primary amides is 1. The van der Waals surface area contributed by atoms with Gasteiger partial charge in [-0.25, -0.2) is 4.99 Å². The molecule has 1 fully saturated rings. The van der Waals surface area contributed by atoms with E-state index in [0.717, 1.165) is 31.2 Å². The van der Waals surface area contributed by atoms with Crippen LogP contribution >= 0.6 is 24.0 Å². The summed E-state index contributed by atoms with van der Waals surface area (Å²) < 4.78 is 0. The van der Waals surface area contributed by atoms with Crippen LogP contribution in [-0.2, 0) is 6.54 Å². The maximum atomic E-state index is 11.1. The lowest BCUT2D eigenvalue weighted by molar-refractivity contribution is 0.100. The highest BCUT2D eigenvalue weighted by Crippen LogP contribution is 2.15. The van der Waals surface area contributed by atoms with Crippen LogP contribution in [0.4, 0.5) is 0 Å². The average molecular weight is 430 g/mol. The van der Waals surface area contributed by atoms with Crippen molar-refractivity contribution in [2.45, 2.75) is 33.2 Å². The van der Waals surface area contributed by atoms with Gasteiger partial charge < -0.3 is 16.0 Å². The SMILES string of the molecule is CCNC(=NCc1ccc(C(N)=O)cc1)N1CCCC(C)C1.I. The number of halogens is 1. The van der Waals surface area contributed by atoms with E-state index in [2.05, 4.69) is 24.1 Å². The molecule has 2 rings (SSSR count). The topological polar surface area (TPSA) is 70.7 Å². The van der Waals surface area contributed by atoms with Gasteiger partial charge in [-0.15, -0.1) is 24.0 Å². The molecule has 1 saturated heterocycles. The fraction of sp³-hybridized carbons (Fsp3) is 0.529. The number of piperidine rings is 1. The first kappa shape index (κ1) is 19.7. The molecule has 1 aliphatic heterocycles. The van der Waals surface area contributed by atoms with Crippen molar-refractivity contribution in [3.8, 4) is 0 Å². The highest BCUT2D eigenvalue weighted by molar-refractivity contribution is 14.0. The van der Waals surface area contributed by atoms with E-state index in [1.54, 1.807) is 12.1 Å². The van der Waals surface area contributed by atoms with Crippen LogP contribution in [0.3, 0.4) is 0 Å². The number of carbonyl (C=O) groups excluding carboxylic acids is 1. The lowest BCUT2D eigenvalue weighted by Crippen LogP contribution is -2.46. The molecule has 0 aromatic heterocycles. The third-order valence-electron chi connectivity index (χ3n) is 3.94. The molecule has 0 saturated carbocycles. The minimum Gasteiger partial charge on any atom is -0.366 e. The lowest BCUT2D eigenvalue weighted by atomic mass is 10.0. The summed E-state index contributed by atoms with van der Waals surface area (Å²) in [5.41, 5.74) is 6.86. The Morgan fingerprint density at radius 3 is 2.65 bits per heavy atom. The summed E-state index contributed by atoms with van der Waals surface area (Å²) in [6.45, 7) is 7.97. The van der Waals surface area contributed by atoms with E-state index in [4.69, 9.17) is 10.7 Å². The van der Waals surface area contributed by atoms with E-state index in [1.807, 2.05) is 12.1 Å². The molecule has 0 radical (unpaired) electrons. The minimum atomic E-state index is -0.398. The molecule has 0 spiro atoms. The van der Waals surface area contributed by atoms with Gasteiger partial charge in [0.05, 0.1) is 6.54 Å². The van der Waals surface area contributed by atoms with Crippen LogP contribution in [0.25, 0.3) is 0 Å². The van der Waals surface area contributed by atoms with Crippen molar-refractivity contribution in [2.24, 2.45) is 16.6 Å². The second-order valence-corrected chi connectivity index (χ2v) is 5.92. The number of hydrogen-bond acceptors (Lipinski definition) is 2. The van der Waals surface area contributed by atoms with Gasteiger partial charge in [0.1, 0.15) is 0 Å². The molecule has 5 nitrogen and oxygen atoms in total. The Morgan fingerprint density at radius 1 is 1.39 bits per heavy atom. The van der Waals surface area contributed by atoms with Gasteiger partial charge in [0.15, 0.2) is 5.96 Å². The summed E-state index contributed by atoms with van der Waals surface area (Å²) in [5, 5.41) is 3.37. The molecule has 0 bridgehead atoms. The summed E-state index contributed by atoms with van der Waals surface area (Å²) in [5.74, 6) is 1.30. The lowest BCUT2D eigenvalue weighted by Gasteiger charge is -2.33. The Labute approximate surface area is 155 Å². The second kappa shape index (κ2) is 9.75. The molecule has 1 amide bonds. The molecule has 1 aromatic rings. The first-order valence-electron chi connectivity index (χ1n) is 8.02. The highest BCUT2D eigenvalue weighted by Gasteiger charge is 2.18. The summed E-state index contributed by atoms with van der Waals surface area (Å²) in [4.78, 5) is 18.2. The molecule has 128 valence electrons. The quantitative estimate of drug-likeness (QED) is 0.438.